The highest BCUT2D eigenvalue weighted by Gasteiger charge is 2.34. The zero-order valence-corrected chi connectivity index (χ0v) is 6.29. The summed E-state index contributed by atoms with van der Waals surface area (Å²) >= 11 is 0.545. The maximum atomic E-state index is 11.9. The van der Waals surface area contributed by atoms with E-state index in [9.17, 15) is 18.0 Å². The van der Waals surface area contributed by atoms with Crippen molar-refractivity contribution in [1.29, 1.82) is 0 Å². The third-order valence-electron chi connectivity index (χ3n) is 1.20. The Morgan fingerprint density at radius 1 is 1.55 bits per heavy atom. The highest BCUT2D eigenvalue weighted by atomic mass is 32.1. The zero-order chi connectivity index (χ0) is 8.65. The van der Waals surface area contributed by atoms with E-state index in [-0.39, 0.29) is 0 Å². The molecule has 0 bridgehead atoms. The molecule has 1 aromatic rings. The fraction of sp³-hybridized carbons (Fsp3) is 0.400. The van der Waals surface area contributed by atoms with Gasteiger partial charge in [-0.1, -0.05) is 11.3 Å². The maximum absolute atomic E-state index is 11.9. The topological polar surface area (TPSA) is 22.0 Å². The third-order valence-corrected chi connectivity index (χ3v) is 2.01. The summed E-state index contributed by atoms with van der Waals surface area (Å²) in [5, 5.41) is 0.808. The molecule has 0 atom stereocenters. The quantitative estimate of drug-likeness (QED) is 0.596. The molecule has 0 saturated carbocycles. The molecule has 0 spiro atoms. The van der Waals surface area contributed by atoms with E-state index in [2.05, 4.69) is 0 Å². The lowest BCUT2D eigenvalue weighted by Crippen LogP contribution is -2.17. The molecule has 0 aliphatic carbocycles. The van der Waals surface area contributed by atoms with Crippen LogP contribution in [0.3, 0.4) is 0 Å². The molecule has 62 valence electrons. The average Bonchev–Trinajstić information content (AvgIpc) is 2.11. The van der Waals surface area contributed by atoms with Gasteiger partial charge in [0.25, 0.3) is 0 Å². The molecule has 1 rings (SSSR count). The Hall–Kier alpha value is -0.780. The summed E-state index contributed by atoms with van der Waals surface area (Å²) in [5.41, 5.74) is -0.896. The Bertz CT molecular complexity index is 310. The lowest BCUT2D eigenvalue weighted by Gasteiger charge is -2.04. The van der Waals surface area contributed by atoms with E-state index in [4.69, 9.17) is 0 Å². The van der Waals surface area contributed by atoms with Gasteiger partial charge in [-0.15, -0.1) is 0 Å². The first-order valence-electron chi connectivity index (χ1n) is 2.64. The van der Waals surface area contributed by atoms with E-state index in [1.54, 1.807) is 0 Å². The summed E-state index contributed by atoms with van der Waals surface area (Å²) < 4.78 is 36.3. The van der Waals surface area contributed by atoms with Crippen LogP contribution in [0.15, 0.2) is 10.2 Å². The molecule has 1 aromatic heterocycles. The van der Waals surface area contributed by atoms with Gasteiger partial charge in [0.15, 0.2) is 0 Å². The largest absolute Gasteiger partial charge is 0.432 e. The predicted molar refractivity (Wildman–Crippen MR) is 34.6 cm³/mol. The van der Waals surface area contributed by atoms with Gasteiger partial charge < -0.3 is 0 Å². The molecule has 11 heavy (non-hydrogen) atoms. The number of aromatic nitrogens is 1. The minimum atomic E-state index is -4.42. The standard InChI is InChI=1S/C5H4F3NOS/c1-9-3(5(6,7)8)2-11-4(9)10/h2H,1H3. The van der Waals surface area contributed by atoms with Crippen LogP contribution in [0.4, 0.5) is 13.2 Å². The second-order valence-corrected chi connectivity index (χ2v) is 2.76. The third kappa shape index (κ3) is 1.45. The molecule has 1 heterocycles. The van der Waals surface area contributed by atoms with Crippen LogP contribution in [-0.2, 0) is 13.2 Å². The minimum Gasteiger partial charge on any atom is -0.298 e. The van der Waals surface area contributed by atoms with Crippen LogP contribution in [0.25, 0.3) is 0 Å². The fourth-order valence-corrected chi connectivity index (χ4v) is 1.38. The number of halogens is 3. The van der Waals surface area contributed by atoms with Crippen molar-refractivity contribution in [2.75, 3.05) is 0 Å². The van der Waals surface area contributed by atoms with Crippen LogP contribution >= 0.6 is 11.3 Å². The average molecular weight is 183 g/mol. The lowest BCUT2D eigenvalue weighted by atomic mass is 10.5. The van der Waals surface area contributed by atoms with Crippen LogP contribution in [-0.4, -0.2) is 4.57 Å². The van der Waals surface area contributed by atoms with Gasteiger partial charge in [-0.05, 0) is 0 Å². The second-order valence-electron chi connectivity index (χ2n) is 1.94. The van der Waals surface area contributed by atoms with Crippen molar-refractivity contribution in [3.8, 4) is 0 Å². The van der Waals surface area contributed by atoms with Gasteiger partial charge in [0, 0.05) is 12.4 Å². The number of rotatable bonds is 0. The van der Waals surface area contributed by atoms with E-state index >= 15 is 0 Å². The first-order valence-corrected chi connectivity index (χ1v) is 3.52. The molecule has 0 radical (unpaired) electrons. The second kappa shape index (κ2) is 2.37. The maximum Gasteiger partial charge on any atom is 0.432 e. The Labute approximate surface area is 63.9 Å². The summed E-state index contributed by atoms with van der Waals surface area (Å²) in [5.74, 6) is 0. The van der Waals surface area contributed by atoms with Gasteiger partial charge in [0.2, 0.25) is 0 Å². The molecule has 6 heteroatoms. The molecular formula is C5H4F3NOS. The molecule has 0 aromatic carbocycles. The van der Waals surface area contributed by atoms with E-state index < -0.39 is 16.7 Å². The van der Waals surface area contributed by atoms with Crippen molar-refractivity contribution in [3.05, 3.63) is 20.7 Å². The minimum absolute atomic E-state index is 0.545. The predicted octanol–water partition coefficient (Wildman–Crippen LogP) is 1.47. The van der Waals surface area contributed by atoms with Crippen LogP contribution in [0, 0.1) is 0 Å². The molecule has 0 amide bonds. The monoisotopic (exact) mass is 183 g/mol. The molecule has 0 aliphatic heterocycles. The summed E-state index contributed by atoms with van der Waals surface area (Å²) in [6, 6.07) is 0. The van der Waals surface area contributed by atoms with Crippen molar-refractivity contribution in [2.45, 2.75) is 6.18 Å². The van der Waals surface area contributed by atoms with Crippen molar-refractivity contribution in [3.63, 3.8) is 0 Å². The summed E-state index contributed by atoms with van der Waals surface area (Å²) in [7, 11) is 1.10. The number of thiazole rings is 1. The molecule has 0 unspecified atom stereocenters. The molecule has 0 aliphatic rings. The molecule has 0 saturated heterocycles. The van der Waals surface area contributed by atoms with Crippen LogP contribution in [0.5, 0.6) is 0 Å². The van der Waals surface area contributed by atoms with Gasteiger partial charge in [-0.2, -0.15) is 13.2 Å². The van der Waals surface area contributed by atoms with Crippen molar-refractivity contribution >= 4 is 11.3 Å². The smallest absolute Gasteiger partial charge is 0.298 e. The number of alkyl halides is 3. The summed E-state index contributed by atoms with van der Waals surface area (Å²) in [6.07, 6.45) is -4.42. The van der Waals surface area contributed by atoms with E-state index in [0.717, 1.165) is 12.4 Å². The van der Waals surface area contributed by atoms with Gasteiger partial charge in [0.1, 0.15) is 5.69 Å². The van der Waals surface area contributed by atoms with Gasteiger partial charge >= 0.3 is 11.0 Å². The van der Waals surface area contributed by atoms with E-state index in [0.29, 0.717) is 15.9 Å². The van der Waals surface area contributed by atoms with Crippen molar-refractivity contribution in [1.82, 2.24) is 4.57 Å². The highest BCUT2D eigenvalue weighted by molar-refractivity contribution is 7.07. The summed E-state index contributed by atoms with van der Waals surface area (Å²) in [4.78, 5) is 9.97. The normalized spacial score (nSPS) is 12.0. The number of hydrogen-bond donors (Lipinski definition) is 0. The number of nitrogens with zero attached hydrogens (tertiary/aromatic N) is 1. The first kappa shape index (κ1) is 8.32. The van der Waals surface area contributed by atoms with E-state index in [1.807, 2.05) is 0 Å². The Morgan fingerprint density at radius 3 is 2.27 bits per heavy atom. The Kier molecular flexibility index (Phi) is 1.79. The number of hydrogen-bond acceptors (Lipinski definition) is 2. The fourth-order valence-electron chi connectivity index (χ4n) is 0.620. The van der Waals surface area contributed by atoms with Crippen LogP contribution < -0.4 is 4.87 Å². The van der Waals surface area contributed by atoms with Gasteiger partial charge in [0.05, 0.1) is 0 Å². The molecular weight excluding hydrogens is 179 g/mol. The van der Waals surface area contributed by atoms with Gasteiger partial charge in [-0.25, -0.2) is 0 Å². The molecule has 0 N–H and O–H groups in total. The zero-order valence-electron chi connectivity index (χ0n) is 5.47. The Balaban J connectivity index is 3.26. The van der Waals surface area contributed by atoms with Crippen LogP contribution in [0.1, 0.15) is 5.69 Å². The Morgan fingerprint density at radius 2 is 2.09 bits per heavy atom. The summed E-state index contributed by atoms with van der Waals surface area (Å²) in [6.45, 7) is 0. The lowest BCUT2D eigenvalue weighted by molar-refractivity contribution is -0.143. The SMILES string of the molecule is Cn1c(C(F)(F)F)csc1=O. The van der Waals surface area contributed by atoms with Crippen molar-refractivity contribution < 1.29 is 13.2 Å². The highest BCUT2D eigenvalue weighted by Crippen LogP contribution is 2.28. The molecule has 0 fully saturated rings. The van der Waals surface area contributed by atoms with E-state index in [1.165, 1.54) is 0 Å². The van der Waals surface area contributed by atoms with Gasteiger partial charge in [-0.3, -0.25) is 9.36 Å². The van der Waals surface area contributed by atoms with Crippen LogP contribution in [0.2, 0.25) is 0 Å². The van der Waals surface area contributed by atoms with Crippen molar-refractivity contribution in [2.24, 2.45) is 7.05 Å². The molecule has 2 nitrogen and oxygen atoms in total. The first-order chi connectivity index (χ1) is 4.93.